The van der Waals surface area contributed by atoms with Gasteiger partial charge in [0.25, 0.3) is 0 Å². The molecule has 1 aromatic carbocycles. The van der Waals surface area contributed by atoms with E-state index in [9.17, 15) is 0 Å². The van der Waals surface area contributed by atoms with Gasteiger partial charge in [0.2, 0.25) is 0 Å². The quantitative estimate of drug-likeness (QED) is 0.730. The number of hydrogen-bond acceptors (Lipinski definition) is 1. The number of rotatable bonds is 5. The molecule has 0 aromatic heterocycles. The van der Waals surface area contributed by atoms with Gasteiger partial charge in [0.15, 0.2) is 0 Å². The zero-order chi connectivity index (χ0) is 15.3. The lowest BCUT2D eigenvalue weighted by atomic mass is 9.77. The molecule has 1 unspecified atom stereocenters. The number of nitrogens with one attached hydrogen (secondary N) is 1. The second-order valence-corrected chi connectivity index (χ2v) is 8.44. The molecular formula is C19H30BrN. The van der Waals surface area contributed by atoms with Gasteiger partial charge in [0, 0.05) is 10.0 Å². The Morgan fingerprint density at radius 2 is 1.81 bits per heavy atom. The zero-order valence-electron chi connectivity index (χ0n) is 13.8. The molecule has 1 N–H and O–H groups in total. The van der Waals surface area contributed by atoms with Crippen LogP contribution in [0, 0.1) is 11.8 Å². The summed E-state index contributed by atoms with van der Waals surface area (Å²) in [6, 6.07) is 8.72. The molecule has 1 fully saturated rings. The van der Waals surface area contributed by atoms with Gasteiger partial charge < -0.3 is 5.32 Å². The van der Waals surface area contributed by atoms with Crippen LogP contribution in [-0.2, 0) is 6.42 Å². The molecule has 1 saturated carbocycles. The second-order valence-electron chi connectivity index (χ2n) is 7.58. The summed E-state index contributed by atoms with van der Waals surface area (Å²) in [6.07, 6.45) is 8.31. The molecule has 118 valence electrons. The molecule has 0 radical (unpaired) electrons. The van der Waals surface area contributed by atoms with Crippen LogP contribution in [0.3, 0.4) is 0 Å². The summed E-state index contributed by atoms with van der Waals surface area (Å²) in [5.74, 6) is 1.64. The zero-order valence-corrected chi connectivity index (χ0v) is 15.4. The molecule has 0 saturated heterocycles. The van der Waals surface area contributed by atoms with E-state index in [0.717, 1.165) is 18.4 Å². The SMILES string of the molecule is CC(C)(C)NCC(Cc1ccccc1Br)C1CCCCC1. The van der Waals surface area contributed by atoms with Gasteiger partial charge in [-0.15, -0.1) is 0 Å². The predicted octanol–water partition coefficient (Wildman–Crippen LogP) is 5.58. The summed E-state index contributed by atoms with van der Waals surface area (Å²) in [6.45, 7) is 7.94. The molecule has 0 amide bonds. The van der Waals surface area contributed by atoms with Crippen molar-refractivity contribution < 1.29 is 0 Å². The molecule has 0 spiro atoms. The van der Waals surface area contributed by atoms with E-state index < -0.39 is 0 Å². The van der Waals surface area contributed by atoms with Crippen molar-refractivity contribution >= 4 is 15.9 Å². The van der Waals surface area contributed by atoms with Crippen molar-refractivity contribution in [2.45, 2.75) is 64.8 Å². The average Bonchev–Trinajstić information content (AvgIpc) is 2.45. The fourth-order valence-electron chi connectivity index (χ4n) is 3.39. The highest BCUT2D eigenvalue weighted by molar-refractivity contribution is 9.10. The highest BCUT2D eigenvalue weighted by Gasteiger charge is 2.25. The Balaban J connectivity index is 2.05. The van der Waals surface area contributed by atoms with Crippen LogP contribution >= 0.6 is 15.9 Å². The molecule has 21 heavy (non-hydrogen) atoms. The molecule has 2 heteroatoms. The molecule has 1 aliphatic carbocycles. The van der Waals surface area contributed by atoms with E-state index in [1.165, 1.54) is 48.6 Å². The number of benzene rings is 1. The van der Waals surface area contributed by atoms with Gasteiger partial charge in [-0.05, 0) is 57.2 Å². The van der Waals surface area contributed by atoms with Crippen LogP contribution in [-0.4, -0.2) is 12.1 Å². The third-order valence-electron chi connectivity index (χ3n) is 4.65. The summed E-state index contributed by atoms with van der Waals surface area (Å²) < 4.78 is 1.27. The fraction of sp³-hybridized carbons (Fsp3) is 0.684. The van der Waals surface area contributed by atoms with Crippen molar-refractivity contribution in [3.63, 3.8) is 0 Å². The third kappa shape index (κ3) is 5.75. The molecule has 0 bridgehead atoms. The first-order chi connectivity index (χ1) is 9.96. The van der Waals surface area contributed by atoms with E-state index in [-0.39, 0.29) is 5.54 Å². The highest BCUT2D eigenvalue weighted by atomic mass is 79.9. The van der Waals surface area contributed by atoms with E-state index in [1.807, 2.05) is 0 Å². The van der Waals surface area contributed by atoms with E-state index in [4.69, 9.17) is 0 Å². The number of halogens is 1. The van der Waals surface area contributed by atoms with Gasteiger partial charge >= 0.3 is 0 Å². The van der Waals surface area contributed by atoms with Crippen molar-refractivity contribution in [3.05, 3.63) is 34.3 Å². The highest BCUT2D eigenvalue weighted by Crippen LogP contribution is 2.33. The van der Waals surface area contributed by atoms with E-state index in [2.05, 4.69) is 66.3 Å². The maximum Gasteiger partial charge on any atom is 0.0207 e. The molecule has 2 rings (SSSR count). The average molecular weight is 352 g/mol. The molecular weight excluding hydrogens is 322 g/mol. The molecule has 0 aliphatic heterocycles. The molecule has 0 heterocycles. The smallest absolute Gasteiger partial charge is 0.0207 e. The first-order valence-electron chi connectivity index (χ1n) is 8.44. The van der Waals surface area contributed by atoms with E-state index >= 15 is 0 Å². The Kier molecular flexibility index (Phi) is 6.31. The molecule has 1 atom stereocenters. The summed E-state index contributed by atoms with van der Waals surface area (Å²) in [4.78, 5) is 0. The summed E-state index contributed by atoms with van der Waals surface area (Å²) in [7, 11) is 0. The minimum absolute atomic E-state index is 0.209. The maximum absolute atomic E-state index is 3.74. The van der Waals surface area contributed by atoms with Crippen LogP contribution in [0.4, 0.5) is 0 Å². The Morgan fingerprint density at radius 3 is 2.43 bits per heavy atom. The van der Waals surface area contributed by atoms with Gasteiger partial charge in [-0.25, -0.2) is 0 Å². The molecule has 1 nitrogen and oxygen atoms in total. The number of hydrogen-bond donors (Lipinski definition) is 1. The molecule has 1 aromatic rings. The Morgan fingerprint density at radius 1 is 1.14 bits per heavy atom. The third-order valence-corrected chi connectivity index (χ3v) is 5.42. The predicted molar refractivity (Wildman–Crippen MR) is 95.7 cm³/mol. The van der Waals surface area contributed by atoms with Crippen LogP contribution in [0.5, 0.6) is 0 Å². The summed E-state index contributed by atoms with van der Waals surface area (Å²) in [5, 5.41) is 3.74. The van der Waals surface area contributed by atoms with Gasteiger partial charge in [-0.3, -0.25) is 0 Å². The van der Waals surface area contributed by atoms with Crippen molar-refractivity contribution in [3.8, 4) is 0 Å². The molecule has 1 aliphatic rings. The van der Waals surface area contributed by atoms with Crippen molar-refractivity contribution in [1.29, 1.82) is 0 Å². The summed E-state index contributed by atoms with van der Waals surface area (Å²) >= 11 is 3.72. The minimum Gasteiger partial charge on any atom is -0.312 e. The first kappa shape index (κ1) is 17.0. The lowest BCUT2D eigenvalue weighted by molar-refractivity contribution is 0.225. The van der Waals surface area contributed by atoms with Crippen LogP contribution in [0.2, 0.25) is 0 Å². The van der Waals surface area contributed by atoms with Gasteiger partial charge in [0.1, 0.15) is 0 Å². The van der Waals surface area contributed by atoms with Crippen LogP contribution in [0.15, 0.2) is 28.7 Å². The fourth-order valence-corrected chi connectivity index (χ4v) is 3.84. The lowest BCUT2D eigenvalue weighted by Gasteiger charge is -2.33. The van der Waals surface area contributed by atoms with Gasteiger partial charge in [0.05, 0.1) is 0 Å². The van der Waals surface area contributed by atoms with E-state index in [1.54, 1.807) is 0 Å². The van der Waals surface area contributed by atoms with Gasteiger partial charge in [-0.2, -0.15) is 0 Å². The van der Waals surface area contributed by atoms with E-state index in [0.29, 0.717) is 0 Å². The second kappa shape index (κ2) is 7.78. The Bertz CT molecular complexity index is 429. The lowest BCUT2D eigenvalue weighted by Crippen LogP contribution is -2.41. The normalized spacial score (nSPS) is 18.7. The van der Waals surface area contributed by atoms with Crippen molar-refractivity contribution in [1.82, 2.24) is 5.32 Å². The van der Waals surface area contributed by atoms with Gasteiger partial charge in [-0.1, -0.05) is 66.2 Å². The Hall–Kier alpha value is -0.340. The van der Waals surface area contributed by atoms with Crippen molar-refractivity contribution in [2.75, 3.05) is 6.54 Å². The van der Waals surface area contributed by atoms with Crippen LogP contribution in [0.1, 0.15) is 58.4 Å². The standard InChI is InChI=1S/C19H30BrN/c1-19(2,3)21-14-17(15-9-5-4-6-10-15)13-16-11-7-8-12-18(16)20/h7-8,11-12,15,17,21H,4-6,9-10,13-14H2,1-3H3. The van der Waals surface area contributed by atoms with Crippen molar-refractivity contribution in [2.24, 2.45) is 11.8 Å². The first-order valence-corrected chi connectivity index (χ1v) is 9.23. The van der Waals surface area contributed by atoms with Crippen LogP contribution < -0.4 is 5.32 Å². The Labute approximate surface area is 139 Å². The topological polar surface area (TPSA) is 12.0 Å². The largest absolute Gasteiger partial charge is 0.312 e. The summed E-state index contributed by atoms with van der Waals surface area (Å²) in [5.41, 5.74) is 1.67. The minimum atomic E-state index is 0.209. The maximum atomic E-state index is 3.74. The monoisotopic (exact) mass is 351 g/mol. The van der Waals surface area contributed by atoms with Crippen LogP contribution in [0.25, 0.3) is 0 Å².